The molecule has 6 heteroatoms. The Kier molecular flexibility index (Phi) is 4.07. The van der Waals surface area contributed by atoms with E-state index in [4.69, 9.17) is 4.74 Å². The Labute approximate surface area is 112 Å². The molecule has 106 valence electrons. The van der Waals surface area contributed by atoms with Crippen LogP contribution < -0.4 is 0 Å². The van der Waals surface area contributed by atoms with Crippen LogP contribution in [0.1, 0.15) is 26.2 Å². The SMILES string of the molecule is COC(=O)C1CC(=O)N(C2CCN(C(C)=O)CC2)C1. The zero-order valence-corrected chi connectivity index (χ0v) is 11.4. The van der Waals surface area contributed by atoms with Gasteiger partial charge in [0.15, 0.2) is 0 Å². The maximum Gasteiger partial charge on any atom is 0.310 e. The molecule has 2 rings (SSSR count). The van der Waals surface area contributed by atoms with E-state index in [1.165, 1.54) is 7.11 Å². The first kappa shape index (κ1) is 13.8. The summed E-state index contributed by atoms with van der Waals surface area (Å²) in [6.07, 6.45) is 1.83. The predicted octanol–water partition coefficient (Wildman–Crippen LogP) is 0.0188. The second kappa shape index (κ2) is 5.59. The lowest BCUT2D eigenvalue weighted by Gasteiger charge is -2.36. The number of likely N-dealkylation sites (tertiary alicyclic amines) is 2. The molecule has 0 radical (unpaired) electrons. The van der Waals surface area contributed by atoms with E-state index in [2.05, 4.69) is 0 Å². The van der Waals surface area contributed by atoms with Crippen LogP contribution in [0.4, 0.5) is 0 Å². The lowest BCUT2D eigenvalue weighted by molar-refractivity contribution is -0.145. The number of hydrogen-bond donors (Lipinski definition) is 0. The number of methoxy groups -OCH3 is 1. The van der Waals surface area contributed by atoms with Gasteiger partial charge in [-0.1, -0.05) is 0 Å². The minimum absolute atomic E-state index is 0.0247. The van der Waals surface area contributed by atoms with Crippen molar-refractivity contribution in [3.05, 3.63) is 0 Å². The van der Waals surface area contributed by atoms with E-state index in [1.54, 1.807) is 16.7 Å². The van der Waals surface area contributed by atoms with E-state index in [-0.39, 0.29) is 36.2 Å². The van der Waals surface area contributed by atoms with Crippen molar-refractivity contribution in [2.75, 3.05) is 26.7 Å². The van der Waals surface area contributed by atoms with Crippen LogP contribution in [0.2, 0.25) is 0 Å². The van der Waals surface area contributed by atoms with Crippen molar-refractivity contribution in [2.45, 2.75) is 32.2 Å². The summed E-state index contributed by atoms with van der Waals surface area (Å²) in [6.45, 7) is 3.39. The van der Waals surface area contributed by atoms with Crippen LogP contribution in [0.5, 0.6) is 0 Å². The maximum atomic E-state index is 12.0. The Morgan fingerprint density at radius 2 is 1.89 bits per heavy atom. The summed E-state index contributed by atoms with van der Waals surface area (Å²) in [4.78, 5) is 38.3. The highest BCUT2D eigenvalue weighted by Gasteiger charge is 2.39. The number of amides is 2. The van der Waals surface area contributed by atoms with E-state index in [1.807, 2.05) is 0 Å². The molecular formula is C13H20N2O4. The molecule has 1 unspecified atom stereocenters. The van der Waals surface area contributed by atoms with Gasteiger partial charge in [-0.15, -0.1) is 0 Å². The first-order chi connectivity index (χ1) is 9.02. The molecule has 0 N–H and O–H groups in total. The molecule has 0 aromatic rings. The summed E-state index contributed by atoms with van der Waals surface area (Å²) in [5.41, 5.74) is 0. The van der Waals surface area contributed by atoms with Gasteiger partial charge in [0.2, 0.25) is 11.8 Å². The summed E-state index contributed by atoms with van der Waals surface area (Å²) in [5, 5.41) is 0. The molecule has 0 saturated carbocycles. The first-order valence-electron chi connectivity index (χ1n) is 6.65. The van der Waals surface area contributed by atoms with E-state index in [0.29, 0.717) is 19.6 Å². The molecule has 2 heterocycles. The van der Waals surface area contributed by atoms with Crippen molar-refractivity contribution in [2.24, 2.45) is 5.92 Å². The number of esters is 1. The van der Waals surface area contributed by atoms with Gasteiger partial charge < -0.3 is 14.5 Å². The molecule has 0 spiro atoms. The smallest absolute Gasteiger partial charge is 0.310 e. The third kappa shape index (κ3) is 2.88. The molecule has 0 aliphatic carbocycles. The van der Waals surface area contributed by atoms with Crippen LogP contribution in [0.25, 0.3) is 0 Å². The van der Waals surface area contributed by atoms with E-state index in [9.17, 15) is 14.4 Å². The zero-order valence-electron chi connectivity index (χ0n) is 11.4. The average molecular weight is 268 g/mol. The molecule has 1 atom stereocenters. The van der Waals surface area contributed by atoms with Gasteiger partial charge in [0.1, 0.15) is 0 Å². The topological polar surface area (TPSA) is 66.9 Å². The lowest BCUT2D eigenvalue weighted by atomic mass is 10.0. The van der Waals surface area contributed by atoms with Gasteiger partial charge in [0.05, 0.1) is 13.0 Å². The van der Waals surface area contributed by atoms with Crippen LogP contribution in [-0.4, -0.2) is 60.4 Å². The van der Waals surface area contributed by atoms with E-state index >= 15 is 0 Å². The molecule has 0 aromatic carbocycles. The van der Waals surface area contributed by atoms with Crippen LogP contribution >= 0.6 is 0 Å². The van der Waals surface area contributed by atoms with Gasteiger partial charge in [0, 0.05) is 39.0 Å². The van der Waals surface area contributed by atoms with Crippen LogP contribution in [0.15, 0.2) is 0 Å². The number of carbonyl (C=O) groups excluding carboxylic acids is 3. The predicted molar refractivity (Wildman–Crippen MR) is 67.1 cm³/mol. The molecule has 2 fully saturated rings. The van der Waals surface area contributed by atoms with Crippen molar-refractivity contribution in [3.63, 3.8) is 0 Å². The van der Waals surface area contributed by atoms with Crippen molar-refractivity contribution < 1.29 is 19.1 Å². The van der Waals surface area contributed by atoms with Crippen molar-refractivity contribution in [1.82, 2.24) is 9.80 Å². The quantitative estimate of drug-likeness (QED) is 0.662. The Hall–Kier alpha value is -1.59. The van der Waals surface area contributed by atoms with Gasteiger partial charge in [-0.2, -0.15) is 0 Å². The highest BCUT2D eigenvalue weighted by atomic mass is 16.5. The minimum Gasteiger partial charge on any atom is -0.469 e. The summed E-state index contributed by atoms with van der Waals surface area (Å²) in [5.74, 6) is -0.532. The highest BCUT2D eigenvalue weighted by molar-refractivity contribution is 5.87. The Balaban J connectivity index is 1.91. The van der Waals surface area contributed by atoms with Crippen molar-refractivity contribution in [3.8, 4) is 0 Å². The minimum atomic E-state index is -0.330. The maximum absolute atomic E-state index is 12.0. The highest BCUT2D eigenvalue weighted by Crippen LogP contribution is 2.26. The molecule has 0 bridgehead atoms. The van der Waals surface area contributed by atoms with Crippen LogP contribution in [0.3, 0.4) is 0 Å². The second-order valence-corrected chi connectivity index (χ2v) is 5.21. The molecule has 6 nitrogen and oxygen atoms in total. The number of hydrogen-bond acceptors (Lipinski definition) is 4. The largest absolute Gasteiger partial charge is 0.469 e. The van der Waals surface area contributed by atoms with Crippen LogP contribution in [0, 0.1) is 5.92 Å². The summed E-state index contributed by atoms with van der Waals surface area (Å²) >= 11 is 0. The second-order valence-electron chi connectivity index (χ2n) is 5.21. The molecule has 2 amide bonds. The van der Waals surface area contributed by atoms with E-state index < -0.39 is 0 Å². The fourth-order valence-corrected chi connectivity index (χ4v) is 2.90. The van der Waals surface area contributed by atoms with Gasteiger partial charge >= 0.3 is 5.97 Å². The Morgan fingerprint density at radius 3 is 2.42 bits per heavy atom. The third-order valence-electron chi connectivity index (χ3n) is 4.04. The Morgan fingerprint density at radius 1 is 1.26 bits per heavy atom. The fraction of sp³-hybridized carbons (Fsp3) is 0.769. The number of piperidine rings is 1. The van der Waals surface area contributed by atoms with Gasteiger partial charge in [-0.05, 0) is 12.8 Å². The molecule has 19 heavy (non-hydrogen) atoms. The summed E-state index contributed by atoms with van der Waals surface area (Å²) in [7, 11) is 1.35. The number of rotatable bonds is 2. The number of ether oxygens (including phenoxy) is 1. The average Bonchev–Trinajstić information content (AvgIpc) is 2.80. The number of carbonyl (C=O) groups is 3. The first-order valence-corrected chi connectivity index (χ1v) is 6.65. The third-order valence-corrected chi connectivity index (χ3v) is 4.04. The van der Waals surface area contributed by atoms with E-state index in [0.717, 1.165) is 12.8 Å². The van der Waals surface area contributed by atoms with Gasteiger partial charge in [-0.3, -0.25) is 14.4 Å². The Bertz CT molecular complexity index is 388. The molecule has 2 aliphatic rings. The van der Waals surface area contributed by atoms with Crippen LogP contribution in [-0.2, 0) is 19.1 Å². The van der Waals surface area contributed by atoms with Crippen molar-refractivity contribution in [1.29, 1.82) is 0 Å². The van der Waals surface area contributed by atoms with Crippen molar-refractivity contribution >= 4 is 17.8 Å². The monoisotopic (exact) mass is 268 g/mol. The lowest BCUT2D eigenvalue weighted by Crippen LogP contribution is -2.46. The van der Waals surface area contributed by atoms with Gasteiger partial charge in [0.25, 0.3) is 0 Å². The fourth-order valence-electron chi connectivity index (χ4n) is 2.90. The molecule has 2 saturated heterocycles. The molecular weight excluding hydrogens is 248 g/mol. The summed E-state index contributed by atoms with van der Waals surface area (Å²) in [6, 6.07) is 0.151. The standard InChI is InChI=1S/C13H20N2O4/c1-9(16)14-5-3-11(4-6-14)15-8-10(7-12(15)17)13(18)19-2/h10-11H,3-8H2,1-2H3. The van der Waals surface area contributed by atoms with Gasteiger partial charge in [-0.25, -0.2) is 0 Å². The molecule has 2 aliphatic heterocycles. The zero-order chi connectivity index (χ0) is 14.0. The normalized spacial score (nSPS) is 24.7. The molecule has 0 aromatic heterocycles. The number of nitrogens with zero attached hydrogens (tertiary/aromatic N) is 2. The summed E-state index contributed by atoms with van der Waals surface area (Å²) < 4.78 is 4.70.